The van der Waals surface area contributed by atoms with Crippen molar-refractivity contribution in [3.05, 3.63) is 34.6 Å². The molecule has 0 fully saturated rings. The zero-order chi connectivity index (χ0) is 13.8. The van der Waals surface area contributed by atoms with Crippen LogP contribution in [0.25, 0.3) is 0 Å². The third-order valence-corrected chi connectivity index (χ3v) is 2.66. The van der Waals surface area contributed by atoms with Crippen LogP contribution in [0.2, 0.25) is 5.02 Å². The molecule has 6 nitrogen and oxygen atoms in total. The van der Waals surface area contributed by atoms with E-state index in [1.807, 2.05) is 0 Å². The van der Waals surface area contributed by atoms with Crippen LogP contribution < -0.4 is 10.9 Å². The van der Waals surface area contributed by atoms with Crippen LogP contribution in [0.3, 0.4) is 0 Å². The summed E-state index contributed by atoms with van der Waals surface area (Å²) in [6.07, 6.45) is 2.23. The van der Waals surface area contributed by atoms with Gasteiger partial charge in [-0.1, -0.05) is 17.7 Å². The topological polar surface area (TPSA) is 82.9 Å². The quantitative estimate of drug-likeness (QED) is 0.485. The van der Waals surface area contributed by atoms with Gasteiger partial charge in [0.25, 0.3) is 11.8 Å². The van der Waals surface area contributed by atoms with Gasteiger partial charge in [-0.25, -0.2) is 15.2 Å². The first kappa shape index (κ1) is 13.2. The van der Waals surface area contributed by atoms with E-state index in [-0.39, 0.29) is 10.6 Å². The van der Waals surface area contributed by atoms with Crippen LogP contribution in [0.15, 0.2) is 28.4 Å². The molecule has 2 rings (SSSR count). The Hall–Kier alpha value is -2.28. The van der Waals surface area contributed by atoms with Gasteiger partial charge in [-0.05, 0) is 12.1 Å². The van der Waals surface area contributed by atoms with E-state index in [1.165, 1.54) is 18.2 Å². The van der Waals surface area contributed by atoms with Crippen molar-refractivity contribution in [2.75, 3.05) is 0 Å². The first-order chi connectivity index (χ1) is 9.09. The summed E-state index contributed by atoms with van der Waals surface area (Å²) in [4.78, 5) is 22.6. The fourth-order valence-electron chi connectivity index (χ4n) is 1.36. The second-order valence-corrected chi connectivity index (χ2v) is 4.01. The molecule has 2 amide bonds. The number of hydrogen-bond donors (Lipinski definition) is 2. The Kier molecular flexibility index (Phi) is 3.86. The molecular formula is C11H8ClFN4O2. The summed E-state index contributed by atoms with van der Waals surface area (Å²) in [5.41, 5.74) is 4.27. The summed E-state index contributed by atoms with van der Waals surface area (Å²) < 4.78 is 13.4. The van der Waals surface area contributed by atoms with Crippen LogP contribution in [0.5, 0.6) is 0 Å². The highest BCUT2D eigenvalue weighted by Gasteiger charge is 2.28. The number of rotatable bonds is 3. The standard InChI is InChI=1S/C11H8ClFN4O2/c12-8-2-1-3-9(13)6(8)4-14-16-10(18)7-5-15-17-11(7)19/h1-5,7H,(H,16,18)(H,17,19). The fraction of sp³-hybridized carbons (Fsp3) is 0.0909. The number of nitrogens with one attached hydrogen (secondary N) is 2. The molecule has 8 heteroatoms. The first-order valence-corrected chi connectivity index (χ1v) is 5.57. The Bertz CT molecular complexity index is 568. The van der Waals surface area contributed by atoms with Crippen LogP contribution in [0, 0.1) is 11.7 Å². The fourth-order valence-corrected chi connectivity index (χ4v) is 1.58. The van der Waals surface area contributed by atoms with Crippen LogP contribution in [0.4, 0.5) is 4.39 Å². The maximum Gasteiger partial charge on any atom is 0.258 e. The van der Waals surface area contributed by atoms with Gasteiger partial charge in [0.1, 0.15) is 5.82 Å². The molecular weight excluding hydrogens is 275 g/mol. The summed E-state index contributed by atoms with van der Waals surface area (Å²) in [5, 5.41) is 7.16. The highest BCUT2D eigenvalue weighted by atomic mass is 35.5. The molecule has 1 heterocycles. The third kappa shape index (κ3) is 2.94. The van der Waals surface area contributed by atoms with Crippen LogP contribution >= 0.6 is 11.6 Å². The van der Waals surface area contributed by atoms with Crippen molar-refractivity contribution >= 4 is 35.8 Å². The van der Waals surface area contributed by atoms with E-state index in [1.54, 1.807) is 0 Å². The Morgan fingerprint density at radius 1 is 1.58 bits per heavy atom. The third-order valence-electron chi connectivity index (χ3n) is 2.33. The molecule has 1 aliphatic heterocycles. The molecule has 0 radical (unpaired) electrons. The number of benzene rings is 1. The molecule has 0 bridgehead atoms. The Morgan fingerprint density at radius 3 is 3.00 bits per heavy atom. The van der Waals surface area contributed by atoms with Gasteiger partial charge in [0, 0.05) is 11.8 Å². The summed E-state index contributed by atoms with van der Waals surface area (Å²) in [6, 6.07) is 4.16. The molecule has 0 aliphatic carbocycles. The molecule has 1 aromatic rings. The minimum absolute atomic E-state index is 0.0500. The number of hydrogen-bond acceptors (Lipinski definition) is 4. The summed E-state index contributed by atoms with van der Waals surface area (Å²) in [7, 11) is 0. The van der Waals surface area contributed by atoms with E-state index < -0.39 is 23.5 Å². The van der Waals surface area contributed by atoms with Crippen molar-refractivity contribution in [2.24, 2.45) is 16.1 Å². The molecule has 0 saturated heterocycles. The number of hydrazone groups is 2. The van der Waals surface area contributed by atoms with Crippen LogP contribution in [-0.4, -0.2) is 24.2 Å². The lowest BCUT2D eigenvalue weighted by molar-refractivity contribution is -0.131. The molecule has 1 unspecified atom stereocenters. The molecule has 98 valence electrons. The zero-order valence-corrected chi connectivity index (χ0v) is 10.2. The maximum absolute atomic E-state index is 13.4. The summed E-state index contributed by atoms with van der Waals surface area (Å²) >= 11 is 5.77. The maximum atomic E-state index is 13.4. The van der Waals surface area contributed by atoms with E-state index in [4.69, 9.17) is 11.6 Å². The van der Waals surface area contributed by atoms with Gasteiger partial charge in [0.2, 0.25) is 0 Å². The van der Waals surface area contributed by atoms with E-state index in [2.05, 4.69) is 21.1 Å². The highest BCUT2D eigenvalue weighted by molar-refractivity contribution is 6.33. The monoisotopic (exact) mass is 282 g/mol. The predicted molar refractivity (Wildman–Crippen MR) is 67.3 cm³/mol. The highest BCUT2D eigenvalue weighted by Crippen LogP contribution is 2.16. The Labute approximate surface area is 112 Å². The number of halogens is 2. The van der Waals surface area contributed by atoms with E-state index >= 15 is 0 Å². The van der Waals surface area contributed by atoms with E-state index in [0.717, 1.165) is 12.4 Å². The minimum atomic E-state index is -1.03. The SMILES string of the molecule is O=C(NN=Cc1c(F)cccc1Cl)C1C=NNC1=O. The second-order valence-electron chi connectivity index (χ2n) is 3.60. The van der Waals surface area contributed by atoms with Gasteiger partial charge in [-0.3, -0.25) is 9.59 Å². The number of carbonyl (C=O) groups excluding carboxylic acids is 2. The Balaban J connectivity index is 2.02. The molecule has 19 heavy (non-hydrogen) atoms. The lowest BCUT2D eigenvalue weighted by Gasteiger charge is -2.02. The average Bonchev–Trinajstić information content (AvgIpc) is 2.79. The number of amides is 2. The molecule has 0 spiro atoms. The lowest BCUT2D eigenvalue weighted by Crippen LogP contribution is -2.34. The van der Waals surface area contributed by atoms with Crippen LogP contribution in [0.1, 0.15) is 5.56 Å². The smallest absolute Gasteiger partial charge is 0.258 e. The van der Waals surface area contributed by atoms with Gasteiger partial charge in [0.15, 0.2) is 5.92 Å². The van der Waals surface area contributed by atoms with Crippen molar-refractivity contribution in [3.63, 3.8) is 0 Å². The van der Waals surface area contributed by atoms with Gasteiger partial charge < -0.3 is 0 Å². The van der Waals surface area contributed by atoms with E-state index in [0.29, 0.717) is 0 Å². The van der Waals surface area contributed by atoms with Crippen molar-refractivity contribution in [3.8, 4) is 0 Å². The summed E-state index contributed by atoms with van der Waals surface area (Å²) in [5.74, 6) is -2.81. The Morgan fingerprint density at radius 2 is 2.37 bits per heavy atom. The number of nitrogens with zero attached hydrogens (tertiary/aromatic N) is 2. The minimum Gasteiger partial charge on any atom is -0.272 e. The normalized spacial score (nSPS) is 17.8. The predicted octanol–water partition coefficient (Wildman–Crippen LogP) is 0.661. The summed E-state index contributed by atoms with van der Waals surface area (Å²) in [6.45, 7) is 0. The lowest BCUT2D eigenvalue weighted by atomic mass is 10.1. The average molecular weight is 283 g/mol. The van der Waals surface area contributed by atoms with Crippen molar-refractivity contribution in [1.29, 1.82) is 0 Å². The molecule has 0 saturated carbocycles. The molecule has 1 atom stereocenters. The van der Waals surface area contributed by atoms with Gasteiger partial charge >= 0.3 is 0 Å². The van der Waals surface area contributed by atoms with Gasteiger partial charge in [-0.15, -0.1) is 0 Å². The van der Waals surface area contributed by atoms with E-state index in [9.17, 15) is 14.0 Å². The molecule has 0 aromatic heterocycles. The second kappa shape index (κ2) is 5.57. The zero-order valence-electron chi connectivity index (χ0n) is 9.43. The van der Waals surface area contributed by atoms with Crippen molar-refractivity contribution in [1.82, 2.24) is 10.9 Å². The van der Waals surface area contributed by atoms with Crippen LogP contribution in [-0.2, 0) is 9.59 Å². The largest absolute Gasteiger partial charge is 0.272 e. The van der Waals surface area contributed by atoms with Gasteiger partial charge in [0.05, 0.1) is 11.2 Å². The molecule has 1 aliphatic rings. The number of carbonyl (C=O) groups is 2. The van der Waals surface area contributed by atoms with Crippen molar-refractivity contribution < 1.29 is 14.0 Å². The van der Waals surface area contributed by atoms with Gasteiger partial charge in [-0.2, -0.15) is 10.2 Å². The molecule has 2 N–H and O–H groups in total. The van der Waals surface area contributed by atoms with Crippen molar-refractivity contribution in [2.45, 2.75) is 0 Å². The molecule has 1 aromatic carbocycles. The first-order valence-electron chi connectivity index (χ1n) is 5.19.